The molecule has 0 unspecified atom stereocenters. The van der Waals surface area contributed by atoms with Crippen LogP contribution < -0.4 is 0 Å². The number of alkyl halides is 3. The summed E-state index contributed by atoms with van der Waals surface area (Å²) in [5, 5.41) is 5.36. The predicted molar refractivity (Wildman–Crippen MR) is 88.0 cm³/mol. The third kappa shape index (κ3) is 3.35. The minimum absolute atomic E-state index is 0.201. The summed E-state index contributed by atoms with van der Waals surface area (Å²) in [5.74, 6) is -0.714. The number of rotatable bonds is 3. The zero-order valence-electron chi connectivity index (χ0n) is 13.7. The van der Waals surface area contributed by atoms with E-state index in [2.05, 4.69) is 5.10 Å². The molecular formula is C18H16F3N3O. The average molecular weight is 347 g/mol. The fourth-order valence-corrected chi connectivity index (χ4v) is 2.82. The van der Waals surface area contributed by atoms with Gasteiger partial charge < -0.3 is 4.90 Å². The maximum Gasteiger partial charge on any atom is 0.435 e. The van der Waals surface area contributed by atoms with E-state index in [9.17, 15) is 18.0 Å². The third-order valence-electron chi connectivity index (χ3n) is 3.96. The Morgan fingerprint density at radius 1 is 1.16 bits per heavy atom. The van der Waals surface area contributed by atoms with E-state index >= 15 is 0 Å². The zero-order chi connectivity index (χ0) is 18.2. The fraction of sp³-hybridized carbons (Fsp3) is 0.222. The highest BCUT2D eigenvalue weighted by Crippen LogP contribution is 2.31. The minimum atomic E-state index is -4.67. The Morgan fingerprint density at radius 2 is 1.84 bits per heavy atom. The standard InChI is InChI=1S/C18H16F3N3O/c1-23(10-13-8-5-7-12-6-3-4-9-14(12)13)17(25)15-11-24(2)22-16(15)18(19,20)21/h3-9,11H,10H2,1-2H3. The Balaban J connectivity index is 1.91. The maximum atomic E-state index is 13.1. The predicted octanol–water partition coefficient (Wildman–Crippen LogP) is 3.86. The molecule has 7 heteroatoms. The maximum absolute atomic E-state index is 13.1. The first-order valence-electron chi connectivity index (χ1n) is 7.60. The van der Waals surface area contributed by atoms with Crippen molar-refractivity contribution in [3.63, 3.8) is 0 Å². The molecule has 0 radical (unpaired) electrons. The Bertz CT molecular complexity index is 925. The highest BCUT2D eigenvalue weighted by molar-refractivity contribution is 5.95. The lowest BCUT2D eigenvalue weighted by molar-refractivity contribution is -0.141. The number of benzene rings is 2. The first-order valence-corrected chi connectivity index (χ1v) is 7.60. The van der Waals surface area contributed by atoms with Gasteiger partial charge in [-0.05, 0) is 16.3 Å². The van der Waals surface area contributed by atoms with Crippen molar-refractivity contribution < 1.29 is 18.0 Å². The molecule has 1 aromatic heterocycles. The molecule has 2 aromatic carbocycles. The fourth-order valence-electron chi connectivity index (χ4n) is 2.82. The van der Waals surface area contributed by atoms with Crippen LogP contribution in [0.5, 0.6) is 0 Å². The van der Waals surface area contributed by atoms with E-state index in [0.29, 0.717) is 0 Å². The van der Waals surface area contributed by atoms with E-state index in [-0.39, 0.29) is 6.54 Å². The van der Waals surface area contributed by atoms with Gasteiger partial charge >= 0.3 is 6.18 Å². The van der Waals surface area contributed by atoms with E-state index in [1.54, 1.807) is 0 Å². The molecule has 25 heavy (non-hydrogen) atoms. The summed E-state index contributed by atoms with van der Waals surface area (Å²) in [6.45, 7) is 0.201. The third-order valence-corrected chi connectivity index (χ3v) is 3.96. The van der Waals surface area contributed by atoms with Crippen LogP contribution in [0.25, 0.3) is 10.8 Å². The number of amides is 1. The van der Waals surface area contributed by atoms with Gasteiger partial charge in [-0.1, -0.05) is 42.5 Å². The number of hydrogen-bond donors (Lipinski definition) is 0. The number of nitrogens with zero attached hydrogens (tertiary/aromatic N) is 3. The number of aryl methyl sites for hydroxylation is 1. The normalized spacial score (nSPS) is 11.7. The molecule has 3 rings (SSSR count). The van der Waals surface area contributed by atoms with Gasteiger partial charge in [-0.15, -0.1) is 0 Å². The monoisotopic (exact) mass is 347 g/mol. The second kappa shape index (κ2) is 6.23. The topological polar surface area (TPSA) is 38.1 Å². The quantitative estimate of drug-likeness (QED) is 0.721. The van der Waals surface area contributed by atoms with E-state index in [0.717, 1.165) is 27.2 Å². The summed E-state index contributed by atoms with van der Waals surface area (Å²) >= 11 is 0. The molecule has 0 fully saturated rings. The number of hydrogen-bond acceptors (Lipinski definition) is 2. The number of aromatic nitrogens is 2. The van der Waals surface area contributed by atoms with Gasteiger partial charge in [-0.25, -0.2) is 0 Å². The van der Waals surface area contributed by atoms with Crippen molar-refractivity contribution in [3.8, 4) is 0 Å². The van der Waals surface area contributed by atoms with Crippen molar-refractivity contribution in [1.82, 2.24) is 14.7 Å². The molecule has 1 amide bonds. The lowest BCUT2D eigenvalue weighted by Gasteiger charge is -2.18. The lowest BCUT2D eigenvalue weighted by atomic mass is 10.0. The summed E-state index contributed by atoms with van der Waals surface area (Å²) < 4.78 is 40.2. The second-order valence-corrected chi connectivity index (χ2v) is 5.86. The second-order valence-electron chi connectivity index (χ2n) is 5.86. The Morgan fingerprint density at radius 3 is 2.56 bits per heavy atom. The molecule has 4 nitrogen and oxygen atoms in total. The highest BCUT2D eigenvalue weighted by atomic mass is 19.4. The van der Waals surface area contributed by atoms with Gasteiger partial charge in [0.15, 0.2) is 5.69 Å². The first-order chi connectivity index (χ1) is 11.8. The summed E-state index contributed by atoms with van der Waals surface area (Å²) in [6, 6.07) is 13.3. The number of halogens is 3. The summed E-state index contributed by atoms with van der Waals surface area (Å²) in [7, 11) is 2.84. The van der Waals surface area contributed by atoms with E-state index in [4.69, 9.17) is 0 Å². The van der Waals surface area contributed by atoms with Gasteiger partial charge in [0.05, 0.1) is 5.56 Å². The largest absolute Gasteiger partial charge is 0.435 e. The molecule has 0 atom stereocenters. The van der Waals surface area contributed by atoms with Crippen LogP contribution in [0, 0.1) is 0 Å². The molecule has 0 aliphatic rings. The molecule has 0 bridgehead atoms. The average Bonchev–Trinajstić information content (AvgIpc) is 2.96. The van der Waals surface area contributed by atoms with Gasteiger partial charge in [0.1, 0.15) is 0 Å². The van der Waals surface area contributed by atoms with Crippen molar-refractivity contribution in [1.29, 1.82) is 0 Å². The molecule has 3 aromatic rings. The van der Waals surface area contributed by atoms with Crippen LogP contribution in [0.4, 0.5) is 13.2 Å². The molecule has 0 N–H and O–H groups in total. The molecule has 0 aliphatic heterocycles. The van der Waals surface area contributed by atoms with Crippen LogP contribution in [0.2, 0.25) is 0 Å². The molecule has 1 heterocycles. The number of carbonyl (C=O) groups is 1. The van der Waals surface area contributed by atoms with Gasteiger partial charge in [0, 0.05) is 26.8 Å². The van der Waals surface area contributed by atoms with Gasteiger partial charge in [0.25, 0.3) is 5.91 Å². The first kappa shape index (κ1) is 17.0. The van der Waals surface area contributed by atoms with Crippen molar-refractivity contribution in [2.45, 2.75) is 12.7 Å². The van der Waals surface area contributed by atoms with Crippen LogP contribution in [0.1, 0.15) is 21.6 Å². The van der Waals surface area contributed by atoms with Crippen molar-refractivity contribution in [3.05, 3.63) is 65.5 Å². The SMILES string of the molecule is CN(Cc1cccc2ccccc12)C(=O)c1cn(C)nc1C(F)(F)F. The Labute approximate surface area is 142 Å². The van der Waals surface area contributed by atoms with Gasteiger partial charge in [-0.2, -0.15) is 18.3 Å². The van der Waals surface area contributed by atoms with Crippen molar-refractivity contribution >= 4 is 16.7 Å². The highest BCUT2D eigenvalue weighted by Gasteiger charge is 2.39. The van der Waals surface area contributed by atoms with Gasteiger partial charge in [-0.3, -0.25) is 9.48 Å². The van der Waals surface area contributed by atoms with Crippen LogP contribution in [-0.4, -0.2) is 27.6 Å². The summed E-state index contributed by atoms with van der Waals surface area (Å²) in [4.78, 5) is 13.8. The molecule has 0 saturated carbocycles. The minimum Gasteiger partial charge on any atom is -0.337 e. The van der Waals surface area contributed by atoms with E-state index in [1.165, 1.54) is 19.0 Å². The number of carbonyl (C=O) groups excluding carboxylic acids is 1. The summed E-state index contributed by atoms with van der Waals surface area (Å²) in [6.07, 6.45) is -3.57. The molecule has 0 saturated heterocycles. The zero-order valence-corrected chi connectivity index (χ0v) is 13.7. The molecule has 130 valence electrons. The molecule has 0 aliphatic carbocycles. The van der Waals surface area contributed by atoms with Gasteiger partial charge in [0.2, 0.25) is 0 Å². The van der Waals surface area contributed by atoms with Crippen molar-refractivity contribution in [2.24, 2.45) is 7.05 Å². The van der Waals surface area contributed by atoms with E-state index < -0.39 is 23.3 Å². The lowest BCUT2D eigenvalue weighted by Crippen LogP contribution is -2.28. The van der Waals surface area contributed by atoms with Crippen LogP contribution in [-0.2, 0) is 19.8 Å². The summed E-state index contributed by atoms with van der Waals surface area (Å²) in [5.41, 5.74) is -0.742. The number of fused-ring (bicyclic) bond motifs is 1. The van der Waals surface area contributed by atoms with E-state index in [1.807, 2.05) is 42.5 Å². The molecular weight excluding hydrogens is 331 g/mol. The molecule has 0 spiro atoms. The Hall–Kier alpha value is -2.83. The van der Waals surface area contributed by atoms with Crippen LogP contribution in [0.3, 0.4) is 0 Å². The Kier molecular flexibility index (Phi) is 4.24. The van der Waals surface area contributed by atoms with Crippen molar-refractivity contribution in [2.75, 3.05) is 7.05 Å². The van der Waals surface area contributed by atoms with Crippen LogP contribution >= 0.6 is 0 Å². The smallest absolute Gasteiger partial charge is 0.337 e. The van der Waals surface area contributed by atoms with Crippen LogP contribution in [0.15, 0.2) is 48.7 Å².